The number of carbonyl (C=O) groups is 2. The number of carboxylic acid groups (broad SMARTS) is 1. The Balaban J connectivity index is 3.77. The number of hydrogen-bond acceptors (Lipinski definition) is 2. The van der Waals surface area contributed by atoms with Crippen LogP contribution >= 0.6 is 0 Å². The molecule has 0 heterocycles. The summed E-state index contributed by atoms with van der Waals surface area (Å²) in [5.41, 5.74) is -1.12. The molecule has 0 saturated heterocycles. The van der Waals surface area contributed by atoms with Gasteiger partial charge >= 0.3 is 5.97 Å². The number of rotatable bonds is 11. The number of aliphatic carboxylic acids is 1. The summed E-state index contributed by atoms with van der Waals surface area (Å²) in [6, 6.07) is 0. The Hall–Kier alpha value is -1.06. The van der Waals surface area contributed by atoms with Gasteiger partial charge in [0.25, 0.3) is 0 Å². The van der Waals surface area contributed by atoms with Crippen LogP contribution in [0, 0.1) is 0 Å². The minimum absolute atomic E-state index is 0.288. The first-order valence-corrected chi connectivity index (χ1v) is 7.44. The third kappa shape index (κ3) is 8.62. The first-order chi connectivity index (χ1) is 8.92. The second-order valence-electron chi connectivity index (χ2n) is 5.54. The first kappa shape index (κ1) is 17.9. The maximum absolute atomic E-state index is 11.2. The fraction of sp³-hybridized carbons (Fsp3) is 0.867. The lowest BCUT2D eigenvalue weighted by Crippen LogP contribution is -2.51. The van der Waals surface area contributed by atoms with Gasteiger partial charge in [0.05, 0.1) is 0 Å². The fourth-order valence-electron chi connectivity index (χ4n) is 2.22. The number of unbranched alkanes of at least 4 members (excludes halogenated alkanes) is 7. The Kier molecular flexibility index (Phi) is 9.27. The molecule has 112 valence electrons. The maximum Gasteiger partial charge on any atom is 0.329 e. The van der Waals surface area contributed by atoms with Gasteiger partial charge < -0.3 is 10.4 Å². The number of hydrogen-bond donors (Lipinski definition) is 2. The van der Waals surface area contributed by atoms with Crippen LogP contribution in [0.25, 0.3) is 0 Å². The zero-order valence-corrected chi connectivity index (χ0v) is 12.6. The molecule has 19 heavy (non-hydrogen) atoms. The van der Waals surface area contributed by atoms with Crippen molar-refractivity contribution in [2.45, 2.75) is 84.1 Å². The standard InChI is InChI=1S/C15H29NO3/c1-4-5-6-7-8-9-10-11-12-15(3,14(18)19)16-13(2)17/h4-12H2,1-3H3,(H,16,17)(H,18,19). The lowest BCUT2D eigenvalue weighted by atomic mass is 9.93. The average Bonchev–Trinajstić information content (AvgIpc) is 2.31. The van der Waals surface area contributed by atoms with Gasteiger partial charge in [-0.1, -0.05) is 58.3 Å². The van der Waals surface area contributed by atoms with Gasteiger partial charge in [-0.3, -0.25) is 4.79 Å². The molecule has 2 N–H and O–H groups in total. The van der Waals surface area contributed by atoms with Crippen molar-refractivity contribution < 1.29 is 14.7 Å². The highest BCUT2D eigenvalue weighted by Crippen LogP contribution is 2.17. The van der Waals surface area contributed by atoms with Crippen molar-refractivity contribution in [3.63, 3.8) is 0 Å². The van der Waals surface area contributed by atoms with Crippen molar-refractivity contribution in [1.29, 1.82) is 0 Å². The Labute approximate surface area is 117 Å². The lowest BCUT2D eigenvalue weighted by molar-refractivity contribution is -0.147. The molecular formula is C15H29NO3. The van der Waals surface area contributed by atoms with Crippen molar-refractivity contribution in [2.75, 3.05) is 0 Å². The normalized spacial score (nSPS) is 13.8. The van der Waals surface area contributed by atoms with Crippen LogP contribution in [0.1, 0.15) is 78.6 Å². The van der Waals surface area contributed by atoms with E-state index in [9.17, 15) is 9.59 Å². The molecule has 0 bridgehead atoms. The van der Waals surface area contributed by atoms with Crippen LogP contribution in [0.5, 0.6) is 0 Å². The monoisotopic (exact) mass is 271 g/mol. The fourth-order valence-corrected chi connectivity index (χ4v) is 2.22. The highest BCUT2D eigenvalue weighted by Gasteiger charge is 2.32. The van der Waals surface area contributed by atoms with E-state index in [0.717, 1.165) is 19.3 Å². The number of carbonyl (C=O) groups excluding carboxylic acids is 1. The molecule has 4 heteroatoms. The molecule has 0 spiro atoms. The van der Waals surface area contributed by atoms with E-state index < -0.39 is 11.5 Å². The van der Waals surface area contributed by atoms with E-state index in [4.69, 9.17) is 5.11 Å². The third-order valence-corrected chi connectivity index (χ3v) is 3.45. The second-order valence-corrected chi connectivity index (χ2v) is 5.54. The van der Waals surface area contributed by atoms with Gasteiger partial charge in [-0.2, -0.15) is 0 Å². The molecule has 1 atom stereocenters. The summed E-state index contributed by atoms with van der Waals surface area (Å²) >= 11 is 0. The van der Waals surface area contributed by atoms with E-state index in [-0.39, 0.29) is 5.91 Å². The van der Waals surface area contributed by atoms with Gasteiger partial charge in [0.2, 0.25) is 5.91 Å². The molecule has 0 rings (SSSR count). The topological polar surface area (TPSA) is 66.4 Å². The van der Waals surface area contributed by atoms with Gasteiger partial charge in [-0.15, -0.1) is 0 Å². The highest BCUT2D eigenvalue weighted by atomic mass is 16.4. The zero-order valence-electron chi connectivity index (χ0n) is 12.6. The van der Waals surface area contributed by atoms with Crippen LogP contribution in [0.15, 0.2) is 0 Å². The third-order valence-electron chi connectivity index (χ3n) is 3.45. The molecule has 0 saturated carbocycles. The van der Waals surface area contributed by atoms with Crippen LogP contribution in [-0.4, -0.2) is 22.5 Å². The van der Waals surface area contributed by atoms with E-state index in [1.54, 1.807) is 6.92 Å². The summed E-state index contributed by atoms with van der Waals surface area (Å²) in [5, 5.41) is 11.7. The molecule has 0 fully saturated rings. The Bertz CT molecular complexity index is 279. The molecule has 0 aliphatic rings. The largest absolute Gasteiger partial charge is 0.480 e. The lowest BCUT2D eigenvalue weighted by Gasteiger charge is -2.25. The average molecular weight is 271 g/mol. The smallest absolute Gasteiger partial charge is 0.329 e. The summed E-state index contributed by atoms with van der Waals surface area (Å²) in [4.78, 5) is 22.2. The summed E-state index contributed by atoms with van der Waals surface area (Å²) in [6.45, 7) is 5.14. The molecule has 0 aromatic carbocycles. The number of carboxylic acids is 1. The molecule has 0 aromatic heterocycles. The molecule has 0 aromatic rings. The molecule has 1 amide bonds. The summed E-state index contributed by atoms with van der Waals surface area (Å²) in [7, 11) is 0. The molecule has 0 aliphatic carbocycles. The van der Waals surface area contributed by atoms with E-state index in [1.165, 1.54) is 39.0 Å². The summed E-state index contributed by atoms with van der Waals surface area (Å²) < 4.78 is 0. The van der Waals surface area contributed by atoms with Crippen molar-refractivity contribution in [1.82, 2.24) is 5.32 Å². The van der Waals surface area contributed by atoms with Crippen LogP contribution in [0.3, 0.4) is 0 Å². The van der Waals surface area contributed by atoms with Crippen LogP contribution in [-0.2, 0) is 9.59 Å². The molecular weight excluding hydrogens is 242 g/mol. The van der Waals surface area contributed by atoms with Crippen LogP contribution < -0.4 is 5.32 Å². The summed E-state index contributed by atoms with van der Waals surface area (Å²) in [6.07, 6.45) is 9.89. The van der Waals surface area contributed by atoms with Gasteiger partial charge in [-0.05, 0) is 13.3 Å². The van der Waals surface area contributed by atoms with Crippen LogP contribution in [0.4, 0.5) is 0 Å². The van der Waals surface area contributed by atoms with Gasteiger partial charge in [-0.25, -0.2) is 4.79 Å². The quantitative estimate of drug-likeness (QED) is 0.565. The number of nitrogens with one attached hydrogen (secondary N) is 1. The summed E-state index contributed by atoms with van der Waals surface area (Å²) in [5.74, 6) is -1.24. The Morgan fingerprint density at radius 2 is 1.47 bits per heavy atom. The number of amides is 1. The van der Waals surface area contributed by atoms with Crippen molar-refractivity contribution in [2.24, 2.45) is 0 Å². The molecule has 0 radical (unpaired) electrons. The second kappa shape index (κ2) is 9.82. The van der Waals surface area contributed by atoms with Gasteiger partial charge in [0.15, 0.2) is 0 Å². The van der Waals surface area contributed by atoms with Crippen molar-refractivity contribution >= 4 is 11.9 Å². The predicted octanol–water partition coefficient (Wildman–Crippen LogP) is 3.50. The first-order valence-electron chi connectivity index (χ1n) is 7.44. The predicted molar refractivity (Wildman–Crippen MR) is 77.1 cm³/mol. The molecule has 1 unspecified atom stereocenters. The highest BCUT2D eigenvalue weighted by molar-refractivity contribution is 5.85. The van der Waals surface area contributed by atoms with E-state index in [0.29, 0.717) is 6.42 Å². The molecule has 0 aliphatic heterocycles. The van der Waals surface area contributed by atoms with Gasteiger partial charge in [0, 0.05) is 6.92 Å². The van der Waals surface area contributed by atoms with E-state index in [1.807, 2.05) is 0 Å². The minimum Gasteiger partial charge on any atom is -0.480 e. The SMILES string of the molecule is CCCCCCCCCCC(C)(NC(C)=O)C(=O)O. The molecule has 4 nitrogen and oxygen atoms in total. The zero-order chi connectivity index (χ0) is 14.7. The Morgan fingerprint density at radius 3 is 1.89 bits per heavy atom. The van der Waals surface area contributed by atoms with Crippen LogP contribution in [0.2, 0.25) is 0 Å². The van der Waals surface area contributed by atoms with Crippen molar-refractivity contribution in [3.8, 4) is 0 Å². The van der Waals surface area contributed by atoms with Gasteiger partial charge in [0.1, 0.15) is 5.54 Å². The maximum atomic E-state index is 11.2. The van der Waals surface area contributed by atoms with E-state index >= 15 is 0 Å². The Morgan fingerprint density at radius 1 is 1.00 bits per heavy atom. The van der Waals surface area contributed by atoms with E-state index in [2.05, 4.69) is 12.2 Å². The van der Waals surface area contributed by atoms with Crippen molar-refractivity contribution in [3.05, 3.63) is 0 Å². The minimum atomic E-state index is -1.12.